The van der Waals surface area contributed by atoms with E-state index >= 15 is 0 Å². The van der Waals surface area contributed by atoms with E-state index in [0.717, 1.165) is 32.0 Å². The van der Waals surface area contributed by atoms with Crippen LogP contribution in [0.5, 0.6) is 0 Å². The van der Waals surface area contributed by atoms with Crippen LogP contribution in [0, 0.1) is 0 Å². The zero-order valence-corrected chi connectivity index (χ0v) is 15.3. The molecule has 0 heterocycles. The number of carbonyl (C=O) groups excluding carboxylic acids is 1. The summed E-state index contributed by atoms with van der Waals surface area (Å²) in [6, 6.07) is 0.761. The first-order chi connectivity index (χ1) is 10.6. The highest BCUT2D eigenvalue weighted by molar-refractivity contribution is 5.86. The number of unbranched alkanes of at least 4 members (excludes halogenated alkanes) is 4. The second kappa shape index (κ2) is 13.8. The van der Waals surface area contributed by atoms with Crippen LogP contribution in [0.2, 0.25) is 0 Å². The molecule has 0 aliphatic heterocycles. The Hall–Kier alpha value is -0.830. The molecule has 0 saturated carbocycles. The van der Waals surface area contributed by atoms with Crippen molar-refractivity contribution >= 4 is 5.97 Å². The van der Waals surface area contributed by atoms with Crippen LogP contribution >= 0.6 is 0 Å². The van der Waals surface area contributed by atoms with Crippen molar-refractivity contribution in [3.05, 3.63) is 12.2 Å². The van der Waals surface area contributed by atoms with Crippen molar-refractivity contribution < 1.29 is 9.53 Å². The van der Waals surface area contributed by atoms with Gasteiger partial charge in [0.2, 0.25) is 0 Å². The minimum absolute atomic E-state index is 0.262. The summed E-state index contributed by atoms with van der Waals surface area (Å²) in [5, 5.41) is 0. The van der Waals surface area contributed by atoms with Gasteiger partial charge in [0.05, 0.1) is 6.61 Å². The fraction of sp³-hybridized carbons (Fsp3) is 0.842. The van der Waals surface area contributed by atoms with Gasteiger partial charge in [-0.05, 0) is 39.3 Å². The topological polar surface area (TPSA) is 29.5 Å². The number of hydrogen-bond acceptors (Lipinski definition) is 3. The molecule has 130 valence electrons. The summed E-state index contributed by atoms with van der Waals surface area (Å²) in [4.78, 5) is 13.8. The van der Waals surface area contributed by atoms with Gasteiger partial charge in [0.15, 0.2) is 0 Å². The molecule has 1 unspecified atom stereocenters. The van der Waals surface area contributed by atoms with E-state index in [4.69, 9.17) is 4.74 Å². The molecule has 0 N–H and O–H groups in total. The highest BCUT2D eigenvalue weighted by atomic mass is 16.5. The highest BCUT2D eigenvalue weighted by Gasteiger charge is 2.13. The molecule has 3 nitrogen and oxygen atoms in total. The van der Waals surface area contributed by atoms with E-state index < -0.39 is 0 Å². The molecule has 0 aliphatic rings. The van der Waals surface area contributed by atoms with Crippen LogP contribution in [0.4, 0.5) is 0 Å². The Morgan fingerprint density at radius 1 is 1.00 bits per heavy atom. The molecule has 0 aromatic heterocycles. The maximum Gasteiger partial charge on any atom is 0.333 e. The average Bonchev–Trinajstić information content (AvgIpc) is 2.50. The van der Waals surface area contributed by atoms with Crippen molar-refractivity contribution in [3.8, 4) is 0 Å². The van der Waals surface area contributed by atoms with E-state index in [1.165, 1.54) is 38.5 Å². The Labute approximate surface area is 138 Å². The first kappa shape index (κ1) is 21.2. The monoisotopic (exact) mass is 311 g/mol. The van der Waals surface area contributed by atoms with E-state index in [2.05, 4.69) is 32.3 Å². The average molecular weight is 312 g/mol. The van der Waals surface area contributed by atoms with Gasteiger partial charge in [-0.3, -0.25) is 0 Å². The molecule has 0 amide bonds. The van der Waals surface area contributed by atoms with E-state index in [0.29, 0.717) is 12.2 Å². The highest BCUT2D eigenvalue weighted by Crippen LogP contribution is 2.16. The molecule has 0 fully saturated rings. The lowest BCUT2D eigenvalue weighted by atomic mass is 10.0. The standard InChI is InChI=1S/C19H37NO2/c1-6-14-18(20(7-2)8-3)15-12-10-9-11-13-16-22-19(21)17(4)5/h18H,4,6-16H2,1-3,5H3. The van der Waals surface area contributed by atoms with E-state index in [1.54, 1.807) is 6.92 Å². The Bertz CT molecular complexity index is 298. The van der Waals surface area contributed by atoms with Crippen LogP contribution < -0.4 is 0 Å². The predicted octanol–water partition coefficient (Wildman–Crippen LogP) is 4.96. The number of nitrogens with zero attached hydrogens (tertiary/aromatic N) is 1. The third-order valence-corrected chi connectivity index (χ3v) is 4.21. The van der Waals surface area contributed by atoms with Gasteiger partial charge in [-0.1, -0.05) is 59.5 Å². The smallest absolute Gasteiger partial charge is 0.333 e. The summed E-state index contributed by atoms with van der Waals surface area (Å²) in [6.45, 7) is 14.9. The van der Waals surface area contributed by atoms with Crippen LogP contribution in [0.1, 0.15) is 79.1 Å². The van der Waals surface area contributed by atoms with Crippen LogP contribution in [-0.2, 0) is 9.53 Å². The van der Waals surface area contributed by atoms with Crippen molar-refractivity contribution in [1.82, 2.24) is 4.90 Å². The third kappa shape index (κ3) is 9.99. The maximum atomic E-state index is 11.2. The third-order valence-electron chi connectivity index (χ3n) is 4.21. The lowest BCUT2D eigenvalue weighted by Crippen LogP contribution is -2.34. The molecule has 0 radical (unpaired) electrons. The lowest BCUT2D eigenvalue weighted by Gasteiger charge is -2.29. The first-order valence-corrected chi connectivity index (χ1v) is 9.13. The molecule has 0 aromatic carbocycles. The molecule has 0 aromatic rings. The fourth-order valence-electron chi connectivity index (χ4n) is 2.88. The van der Waals surface area contributed by atoms with Crippen molar-refractivity contribution in [2.75, 3.05) is 19.7 Å². The molecule has 0 aliphatic carbocycles. The van der Waals surface area contributed by atoms with Gasteiger partial charge in [-0.15, -0.1) is 0 Å². The number of carbonyl (C=O) groups is 1. The summed E-state index contributed by atoms with van der Waals surface area (Å²) in [7, 11) is 0. The molecular formula is C19H37NO2. The normalized spacial score (nSPS) is 12.4. The molecule has 0 bridgehead atoms. The summed E-state index contributed by atoms with van der Waals surface area (Å²) >= 11 is 0. The molecule has 0 saturated heterocycles. The van der Waals surface area contributed by atoms with Crippen LogP contribution in [0.15, 0.2) is 12.2 Å². The summed E-state index contributed by atoms with van der Waals surface area (Å²) in [6.07, 6.45) is 9.86. The van der Waals surface area contributed by atoms with Gasteiger partial charge in [-0.25, -0.2) is 4.79 Å². The molecule has 3 heteroatoms. The molecule has 0 spiro atoms. The Kier molecular flexibility index (Phi) is 13.3. The van der Waals surface area contributed by atoms with Gasteiger partial charge < -0.3 is 9.64 Å². The zero-order valence-electron chi connectivity index (χ0n) is 15.3. The maximum absolute atomic E-state index is 11.2. The van der Waals surface area contributed by atoms with Crippen molar-refractivity contribution in [2.24, 2.45) is 0 Å². The molecule has 0 rings (SSSR count). The van der Waals surface area contributed by atoms with Gasteiger partial charge in [0.25, 0.3) is 0 Å². The summed E-state index contributed by atoms with van der Waals surface area (Å²) < 4.78 is 5.10. The largest absolute Gasteiger partial charge is 0.462 e. The van der Waals surface area contributed by atoms with Gasteiger partial charge in [0, 0.05) is 11.6 Å². The van der Waals surface area contributed by atoms with E-state index in [-0.39, 0.29) is 5.97 Å². The SMILES string of the molecule is C=C(C)C(=O)OCCCCCCCC(CCC)N(CC)CC. The Morgan fingerprint density at radius 3 is 2.14 bits per heavy atom. The second-order valence-electron chi connectivity index (χ2n) is 6.14. The Balaban J connectivity index is 3.65. The van der Waals surface area contributed by atoms with Crippen LogP contribution in [0.25, 0.3) is 0 Å². The lowest BCUT2D eigenvalue weighted by molar-refractivity contribution is -0.139. The molecule has 1 atom stereocenters. The number of ether oxygens (including phenoxy) is 1. The molecule has 22 heavy (non-hydrogen) atoms. The number of esters is 1. The van der Waals surface area contributed by atoms with Gasteiger partial charge >= 0.3 is 5.97 Å². The number of rotatable bonds is 14. The van der Waals surface area contributed by atoms with Gasteiger partial charge in [0.1, 0.15) is 0 Å². The number of hydrogen-bond donors (Lipinski definition) is 0. The van der Waals surface area contributed by atoms with Crippen LogP contribution in [-0.4, -0.2) is 36.6 Å². The zero-order chi connectivity index (χ0) is 16.8. The van der Waals surface area contributed by atoms with E-state index in [1.807, 2.05) is 0 Å². The van der Waals surface area contributed by atoms with Crippen molar-refractivity contribution in [1.29, 1.82) is 0 Å². The minimum atomic E-state index is -0.262. The fourth-order valence-corrected chi connectivity index (χ4v) is 2.88. The van der Waals surface area contributed by atoms with Gasteiger partial charge in [-0.2, -0.15) is 0 Å². The predicted molar refractivity (Wildman–Crippen MR) is 95.1 cm³/mol. The van der Waals surface area contributed by atoms with Crippen molar-refractivity contribution in [3.63, 3.8) is 0 Å². The van der Waals surface area contributed by atoms with Crippen LogP contribution in [0.3, 0.4) is 0 Å². The van der Waals surface area contributed by atoms with E-state index in [9.17, 15) is 4.79 Å². The minimum Gasteiger partial charge on any atom is -0.462 e. The second-order valence-corrected chi connectivity index (χ2v) is 6.14. The van der Waals surface area contributed by atoms with Crippen molar-refractivity contribution in [2.45, 2.75) is 85.1 Å². The Morgan fingerprint density at radius 2 is 1.59 bits per heavy atom. The summed E-state index contributed by atoms with van der Waals surface area (Å²) in [5.74, 6) is -0.262. The summed E-state index contributed by atoms with van der Waals surface area (Å²) in [5.41, 5.74) is 0.485. The molecular weight excluding hydrogens is 274 g/mol. The first-order valence-electron chi connectivity index (χ1n) is 9.13. The quantitative estimate of drug-likeness (QED) is 0.258.